The third-order valence-electron chi connectivity index (χ3n) is 4.91. The third-order valence-corrected chi connectivity index (χ3v) is 4.91. The summed E-state index contributed by atoms with van der Waals surface area (Å²) >= 11 is 0. The van der Waals surface area contributed by atoms with Crippen LogP contribution in [0.2, 0.25) is 0 Å². The van der Waals surface area contributed by atoms with Gasteiger partial charge < -0.3 is 4.74 Å². The van der Waals surface area contributed by atoms with Gasteiger partial charge in [-0.2, -0.15) is 0 Å². The SMILES string of the molecule is CCCC(C)COC(c1ccccc1)(c1ccccc1)c1ccccc1. The first-order chi connectivity index (χ1) is 12.8. The molecule has 1 atom stereocenters. The Labute approximate surface area is 157 Å². The van der Waals surface area contributed by atoms with Gasteiger partial charge in [0.05, 0.1) is 6.61 Å². The highest BCUT2D eigenvalue weighted by Crippen LogP contribution is 2.40. The Bertz CT molecular complexity index is 668. The highest BCUT2D eigenvalue weighted by Gasteiger charge is 2.37. The van der Waals surface area contributed by atoms with Crippen LogP contribution in [0.4, 0.5) is 0 Å². The van der Waals surface area contributed by atoms with Crippen molar-refractivity contribution in [3.8, 4) is 0 Å². The predicted octanol–water partition coefficient (Wildman–Crippen LogP) is 6.43. The molecule has 0 saturated carbocycles. The Hall–Kier alpha value is -2.38. The molecule has 0 saturated heterocycles. The van der Waals surface area contributed by atoms with Crippen LogP contribution in [0.3, 0.4) is 0 Å². The maximum absolute atomic E-state index is 6.80. The van der Waals surface area contributed by atoms with Gasteiger partial charge in [-0.25, -0.2) is 0 Å². The van der Waals surface area contributed by atoms with Crippen LogP contribution in [-0.4, -0.2) is 6.61 Å². The first-order valence-electron chi connectivity index (χ1n) is 9.58. The van der Waals surface area contributed by atoms with Crippen molar-refractivity contribution >= 4 is 0 Å². The zero-order chi connectivity index (χ0) is 18.2. The van der Waals surface area contributed by atoms with Crippen molar-refractivity contribution in [2.75, 3.05) is 6.61 Å². The molecular formula is C25H28O. The second-order valence-corrected chi connectivity index (χ2v) is 6.98. The van der Waals surface area contributed by atoms with E-state index >= 15 is 0 Å². The molecule has 0 spiro atoms. The summed E-state index contributed by atoms with van der Waals surface area (Å²) in [6.45, 7) is 5.23. The van der Waals surface area contributed by atoms with Crippen LogP contribution < -0.4 is 0 Å². The zero-order valence-electron chi connectivity index (χ0n) is 15.8. The maximum Gasteiger partial charge on any atom is 0.143 e. The summed E-state index contributed by atoms with van der Waals surface area (Å²) < 4.78 is 6.80. The summed E-state index contributed by atoms with van der Waals surface area (Å²) in [6, 6.07) is 31.8. The lowest BCUT2D eigenvalue weighted by molar-refractivity contribution is -0.00662. The fraction of sp³-hybridized carbons (Fsp3) is 0.280. The lowest BCUT2D eigenvalue weighted by Gasteiger charge is -2.36. The van der Waals surface area contributed by atoms with E-state index in [0.29, 0.717) is 5.92 Å². The van der Waals surface area contributed by atoms with Gasteiger partial charge in [-0.3, -0.25) is 0 Å². The van der Waals surface area contributed by atoms with Crippen LogP contribution in [0.25, 0.3) is 0 Å². The van der Waals surface area contributed by atoms with Crippen LogP contribution >= 0.6 is 0 Å². The molecule has 0 aliphatic heterocycles. The van der Waals surface area contributed by atoms with Crippen molar-refractivity contribution in [3.05, 3.63) is 108 Å². The average Bonchev–Trinajstić information content (AvgIpc) is 2.71. The number of hydrogen-bond donors (Lipinski definition) is 0. The van der Waals surface area contributed by atoms with Gasteiger partial charge in [0.15, 0.2) is 0 Å². The highest BCUT2D eigenvalue weighted by molar-refractivity contribution is 5.47. The van der Waals surface area contributed by atoms with E-state index < -0.39 is 5.60 Å². The fourth-order valence-corrected chi connectivity index (χ4v) is 3.61. The van der Waals surface area contributed by atoms with Crippen LogP contribution in [0, 0.1) is 5.92 Å². The second-order valence-electron chi connectivity index (χ2n) is 6.98. The van der Waals surface area contributed by atoms with Crippen molar-refractivity contribution in [2.24, 2.45) is 5.92 Å². The van der Waals surface area contributed by atoms with E-state index in [1.54, 1.807) is 0 Å². The van der Waals surface area contributed by atoms with Crippen LogP contribution in [0.15, 0.2) is 91.0 Å². The minimum Gasteiger partial charge on any atom is -0.361 e. The normalized spacial score (nSPS) is 12.7. The predicted molar refractivity (Wildman–Crippen MR) is 109 cm³/mol. The Morgan fingerprint density at radius 1 is 0.692 bits per heavy atom. The van der Waals surface area contributed by atoms with E-state index in [0.717, 1.165) is 6.61 Å². The average molecular weight is 344 g/mol. The third kappa shape index (κ3) is 3.89. The maximum atomic E-state index is 6.80. The summed E-state index contributed by atoms with van der Waals surface area (Å²) in [5, 5.41) is 0. The molecule has 1 nitrogen and oxygen atoms in total. The number of hydrogen-bond acceptors (Lipinski definition) is 1. The van der Waals surface area contributed by atoms with Gasteiger partial charge in [-0.15, -0.1) is 0 Å². The lowest BCUT2D eigenvalue weighted by Crippen LogP contribution is -2.34. The topological polar surface area (TPSA) is 9.23 Å². The minimum atomic E-state index is -0.591. The van der Waals surface area contributed by atoms with Gasteiger partial charge in [-0.1, -0.05) is 111 Å². The lowest BCUT2D eigenvalue weighted by atomic mass is 9.80. The van der Waals surface area contributed by atoms with Crippen LogP contribution in [0.5, 0.6) is 0 Å². The molecule has 3 rings (SSSR count). The van der Waals surface area contributed by atoms with Gasteiger partial charge >= 0.3 is 0 Å². The molecule has 0 aromatic heterocycles. The summed E-state index contributed by atoms with van der Waals surface area (Å²) in [6.07, 6.45) is 2.36. The highest BCUT2D eigenvalue weighted by atomic mass is 16.5. The molecule has 0 amide bonds. The second kappa shape index (κ2) is 8.82. The van der Waals surface area contributed by atoms with E-state index in [4.69, 9.17) is 4.74 Å². The number of rotatable bonds is 8. The van der Waals surface area contributed by atoms with E-state index in [9.17, 15) is 0 Å². The molecule has 0 aliphatic carbocycles. The Morgan fingerprint density at radius 3 is 1.42 bits per heavy atom. The van der Waals surface area contributed by atoms with E-state index in [2.05, 4.69) is 105 Å². The van der Waals surface area contributed by atoms with Crippen LogP contribution in [0.1, 0.15) is 43.4 Å². The van der Waals surface area contributed by atoms with E-state index in [-0.39, 0.29) is 0 Å². The van der Waals surface area contributed by atoms with E-state index in [1.165, 1.54) is 29.5 Å². The number of benzene rings is 3. The molecule has 0 fully saturated rings. The molecule has 3 aromatic rings. The molecule has 0 N–H and O–H groups in total. The fourth-order valence-electron chi connectivity index (χ4n) is 3.61. The minimum absolute atomic E-state index is 0.524. The Kier molecular flexibility index (Phi) is 6.25. The van der Waals surface area contributed by atoms with Gasteiger partial charge in [0.25, 0.3) is 0 Å². The molecule has 0 aliphatic rings. The van der Waals surface area contributed by atoms with Crippen molar-refractivity contribution in [1.29, 1.82) is 0 Å². The molecule has 26 heavy (non-hydrogen) atoms. The quantitative estimate of drug-likeness (QED) is 0.428. The van der Waals surface area contributed by atoms with Gasteiger partial charge in [0.2, 0.25) is 0 Å². The van der Waals surface area contributed by atoms with Gasteiger partial charge in [0.1, 0.15) is 5.60 Å². The molecular weight excluding hydrogens is 316 g/mol. The van der Waals surface area contributed by atoms with Crippen molar-refractivity contribution in [1.82, 2.24) is 0 Å². The van der Waals surface area contributed by atoms with Crippen molar-refractivity contribution in [3.63, 3.8) is 0 Å². The molecule has 0 bridgehead atoms. The first-order valence-corrected chi connectivity index (χ1v) is 9.58. The largest absolute Gasteiger partial charge is 0.361 e. The zero-order valence-corrected chi connectivity index (χ0v) is 15.8. The smallest absolute Gasteiger partial charge is 0.143 e. The Balaban J connectivity index is 2.15. The Morgan fingerprint density at radius 2 is 1.08 bits per heavy atom. The first kappa shape index (κ1) is 18.4. The summed E-state index contributed by atoms with van der Waals surface area (Å²) in [5.41, 5.74) is 2.91. The summed E-state index contributed by atoms with van der Waals surface area (Å²) in [7, 11) is 0. The summed E-state index contributed by atoms with van der Waals surface area (Å²) in [5.74, 6) is 0.524. The number of ether oxygens (including phenoxy) is 1. The van der Waals surface area contributed by atoms with Crippen molar-refractivity contribution < 1.29 is 4.74 Å². The van der Waals surface area contributed by atoms with Crippen molar-refractivity contribution in [2.45, 2.75) is 32.3 Å². The molecule has 0 heterocycles. The molecule has 1 unspecified atom stereocenters. The van der Waals surface area contributed by atoms with Crippen LogP contribution in [-0.2, 0) is 10.3 Å². The van der Waals surface area contributed by atoms with E-state index in [1.807, 2.05) is 0 Å². The summed E-state index contributed by atoms with van der Waals surface area (Å²) in [4.78, 5) is 0. The molecule has 3 aromatic carbocycles. The molecule has 1 heteroatoms. The molecule has 0 radical (unpaired) electrons. The van der Waals surface area contributed by atoms with Gasteiger partial charge in [-0.05, 0) is 29.0 Å². The molecule has 134 valence electrons. The van der Waals surface area contributed by atoms with Gasteiger partial charge in [0, 0.05) is 0 Å². The standard InChI is InChI=1S/C25H28O/c1-3-13-21(2)20-26-25(22-14-7-4-8-15-22,23-16-9-5-10-17-23)24-18-11-6-12-19-24/h4-12,14-19,21H,3,13,20H2,1-2H3. The monoisotopic (exact) mass is 344 g/mol.